The van der Waals surface area contributed by atoms with Crippen LogP contribution in [-0.2, 0) is 6.54 Å². The first kappa shape index (κ1) is 14.6. The van der Waals surface area contributed by atoms with E-state index in [1.807, 2.05) is 13.0 Å². The maximum atomic E-state index is 5.22. The highest BCUT2D eigenvalue weighted by Gasteiger charge is 2.36. The van der Waals surface area contributed by atoms with E-state index in [1.165, 1.54) is 25.7 Å². The second-order valence-electron chi connectivity index (χ2n) is 6.64. The second kappa shape index (κ2) is 6.28. The molecule has 1 saturated carbocycles. The van der Waals surface area contributed by atoms with Crippen LogP contribution >= 0.6 is 0 Å². The Balaban J connectivity index is 1.41. The molecule has 0 spiro atoms. The van der Waals surface area contributed by atoms with E-state index in [0.29, 0.717) is 12.1 Å². The molecule has 0 aromatic carbocycles. The van der Waals surface area contributed by atoms with Crippen molar-refractivity contribution in [3.63, 3.8) is 0 Å². The summed E-state index contributed by atoms with van der Waals surface area (Å²) in [6.07, 6.45) is 8.34. The Kier molecular flexibility index (Phi) is 3.99. The third-order valence-electron chi connectivity index (χ3n) is 4.82. The minimum absolute atomic E-state index is 0.586. The molecular weight excluding hydrogens is 290 g/mol. The summed E-state index contributed by atoms with van der Waals surface area (Å²) < 4.78 is 5.22. The Morgan fingerprint density at radius 2 is 1.96 bits per heavy atom. The van der Waals surface area contributed by atoms with Crippen LogP contribution in [0.15, 0.2) is 29.2 Å². The van der Waals surface area contributed by atoms with Gasteiger partial charge in [-0.25, -0.2) is 9.97 Å². The highest BCUT2D eigenvalue weighted by Crippen LogP contribution is 2.35. The van der Waals surface area contributed by atoms with E-state index < -0.39 is 0 Å². The van der Waals surface area contributed by atoms with Crippen LogP contribution in [-0.4, -0.2) is 45.2 Å². The summed E-state index contributed by atoms with van der Waals surface area (Å²) >= 11 is 0. The summed E-state index contributed by atoms with van der Waals surface area (Å²) in [6, 6.07) is 5.34. The standard InChI is InChI=1S/C17H23N5O/c1-13-10-17(19-12-18-13)22(14-2-3-14)15-5-8-21(9-6-15)11-16-4-7-20-23-16/h4,7,10,12,14-15H,2-3,5-6,8-9,11H2,1H3. The SMILES string of the molecule is Cc1cc(N(C2CC2)C2CCN(Cc3ccno3)CC2)ncn1. The van der Waals surface area contributed by atoms with E-state index in [0.717, 1.165) is 36.9 Å². The molecule has 6 nitrogen and oxygen atoms in total. The molecule has 23 heavy (non-hydrogen) atoms. The summed E-state index contributed by atoms with van der Waals surface area (Å²) in [5.74, 6) is 2.06. The predicted octanol–water partition coefficient (Wildman–Crippen LogP) is 2.41. The van der Waals surface area contributed by atoms with Gasteiger partial charge in [-0.2, -0.15) is 0 Å². The molecule has 0 bridgehead atoms. The summed E-state index contributed by atoms with van der Waals surface area (Å²) in [4.78, 5) is 13.8. The maximum absolute atomic E-state index is 5.22. The summed E-state index contributed by atoms with van der Waals surface area (Å²) in [6.45, 7) is 5.09. The normalized spacial score (nSPS) is 19.9. The first-order valence-corrected chi connectivity index (χ1v) is 8.48. The second-order valence-corrected chi connectivity index (χ2v) is 6.64. The highest BCUT2D eigenvalue weighted by molar-refractivity contribution is 5.43. The van der Waals surface area contributed by atoms with E-state index in [-0.39, 0.29) is 0 Å². The summed E-state index contributed by atoms with van der Waals surface area (Å²) in [5.41, 5.74) is 1.04. The number of aryl methyl sites for hydroxylation is 1. The van der Waals surface area contributed by atoms with Gasteiger partial charge in [0.2, 0.25) is 0 Å². The zero-order valence-corrected chi connectivity index (χ0v) is 13.6. The van der Waals surface area contributed by atoms with E-state index in [4.69, 9.17) is 4.52 Å². The van der Waals surface area contributed by atoms with Crippen LogP contribution in [0.25, 0.3) is 0 Å². The fourth-order valence-electron chi connectivity index (χ4n) is 3.51. The smallest absolute Gasteiger partial charge is 0.150 e. The summed E-state index contributed by atoms with van der Waals surface area (Å²) in [5, 5.41) is 3.79. The number of rotatable bonds is 5. The lowest BCUT2D eigenvalue weighted by molar-refractivity contribution is 0.181. The van der Waals surface area contributed by atoms with Crippen LogP contribution in [0.4, 0.5) is 5.82 Å². The number of hydrogen-bond donors (Lipinski definition) is 0. The fraction of sp³-hybridized carbons (Fsp3) is 0.588. The average molecular weight is 313 g/mol. The first-order valence-electron chi connectivity index (χ1n) is 8.48. The molecular formula is C17H23N5O. The lowest BCUT2D eigenvalue weighted by Gasteiger charge is -2.39. The van der Waals surface area contributed by atoms with Gasteiger partial charge in [-0.15, -0.1) is 0 Å². The van der Waals surface area contributed by atoms with E-state index in [1.54, 1.807) is 12.5 Å². The molecule has 6 heteroatoms. The maximum Gasteiger partial charge on any atom is 0.150 e. The quantitative estimate of drug-likeness (QED) is 0.845. The minimum atomic E-state index is 0.586. The summed E-state index contributed by atoms with van der Waals surface area (Å²) in [7, 11) is 0. The van der Waals surface area contributed by atoms with Crippen LogP contribution in [0.1, 0.15) is 37.1 Å². The largest absolute Gasteiger partial charge is 0.360 e. The van der Waals surface area contributed by atoms with E-state index >= 15 is 0 Å². The van der Waals surface area contributed by atoms with Gasteiger partial charge in [0.1, 0.15) is 12.1 Å². The van der Waals surface area contributed by atoms with Crippen molar-refractivity contribution in [3.05, 3.63) is 36.1 Å². The van der Waals surface area contributed by atoms with Crippen molar-refractivity contribution >= 4 is 5.82 Å². The van der Waals surface area contributed by atoms with Gasteiger partial charge >= 0.3 is 0 Å². The molecule has 0 N–H and O–H groups in total. The van der Waals surface area contributed by atoms with Crippen molar-refractivity contribution in [3.8, 4) is 0 Å². The molecule has 1 saturated heterocycles. The number of likely N-dealkylation sites (tertiary alicyclic amines) is 1. The number of piperidine rings is 1. The van der Waals surface area contributed by atoms with Gasteiger partial charge in [0.05, 0.1) is 12.7 Å². The third-order valence-corrected chi connectivity index (χ3v) is 4.82. The lowest BCUT2D eigenvalue weighted by atomic mass is 10.0. The van der Waals surface area contributed by atoms with Crippen LogP contribution in [0, 0.1) is 6.92 Å². The van der Waals surface area contributed by atoms with Gasteiger partial charge in [-0.1, -0.05) is 5.16 Å². The van der Waals surface area contributed by atoms with Crippen molar-refractivity contribution in [2.24, 2.45) is 0 Å². The molecule has 1 aliphatic heterocycles. The average Bonchev–Trinajstić information content (AvgIpc) is 3.25. The Bertz CT molecular complexity index is 632. The molecule has 0 radical (unpaired) electrons. The highest BCUT2D eigenvalue weighted by atomic mass is 16.5. The van der Waals surface area contributed by atoms with Gasteiger partial charge < -0.3 is 9.42 Å². The zero-order chi connectivity index (χ0) is 15.6. The molecule has 4 rings (SSSR count). The molecule has 2 aromatic heterocycles. The number of anilines is 1. The molecule has 1 aliphatic carbocycles. The number of hydrogen-bond acceptors (Lipinski definition) is 6. The fourth-order valence-corrected chi connectivity index (χ4v) is 3.51. The van der Waals surface area contributed by atoms with Crippen LogP contribution in [0.2, 0.25) is 0 Å². The van der Waals surface area contributed by atoms with Crippen LogP contribution in [0.5, 0.6) is 0 Å². The molecule has 2 fully saturated rings. The van der Waals surface area contributed by atoms with Gasteiger partial charge in [-0.05, 0) is 32.6 Å². The van der Waals surface area contributed by atoms with Gasteiger partial charge in [0.15, 0.2) is 5.76 Å². The van der Waals surface area contributed by atoms with Crippen molar-refractivity contribution < 1.29 is 4.52 Å². The predicted molar refractivity (Wildman–Crippen MR) is 87.1 cm³/mol. The van der Waals surface area contributed by atoms with Gasteiger partial charge in [-0.3, -0.25) is 4.90 Å². The van der Waals surface area contributed by atoms with Gasteiger partial charge in [0, 0.05) is 43.0 Å². The Morgan fingerprint density at radius 1 is 1.17 bits per heavy atom. The van der Waals surface area contributed by atoms with Crippen molar-refractivity contribution in [2.45, 2.75) is 51.2 Å². The zero-order valence-electron chi connectivity index (χ0n) is 13.6. The van der Waals surface area contributed by atoms with E-state index in [2.05, 4.69) is 31.0 Å². The van der Waals surface area contributed by atoms with Crippen molar-refractivity contribution in [1.29, 1.82) is 0 Å². The monoisotopic (exact) mass is 313 g/mol. The molecule has 122 valence electrons. The van der Waals surface area contributed by atoms with E-state index in [9.17, 15) is 0 Å². The molecule has 0 atom stereocenters. The van der Waals surface area contributed by atoms with Gasteiger partial charge in [0.25, 0.3) is 0 Å². The molecule has 2 aromatic rings. The molecule has 2 aliphatic rings. The lowest BCUT2D eigenvalue weighted by Crippen LogP contribution is -2.46. The topological polar surface area (TPSA) is 58.3 Å². The Labute approximate surface area is 136 Å². The Hall–Kier alpha value is -1.95. The minimum Gasteiger partial charge on any atom is -0.360 e. The first-order chi connectivity index (χ1) is 11.3. The third kappa shape index (κ3) is 3.37. The van der Waals surface area contributed by atoms with Crippen molar-refractivity contribution in [1.82, 2.24) is 20.0 Å². The number of nitrogens with zero attached hydrogens (tertiary/aromatic N) is 5. The van der Waals surface area contributed by atoms with Crippen molar-refractivity contribution in [2.75, 3.05) is 18.0 Å². The molecule has 3 heterocycles. The van der Waals surface area contributed by atoms with Crippen LogP contribution < -0.4 is 4.90 Å². The molecule has 0 amide bonds. The molecule has 0 unspecified atom stereocenters. The Morgan fingerprint density at radius 3 is 2.61 bits per heavy atom. The number of aromatic nitrogens is 3. The van der Waals surface area contributed by atoms with Crippen LogP contribution in [0.3, 0.4) is 0 Å².